The quantitative estimate of drug-likeness (QED) is 0.916. The molecule has 1 aliphatic heterocycles. The number of carboxylic acids is 1. The van der Waals surface area contributed by atoms with E-state index in [0.29, 0.717) is 36.8 Å². The van der Waals surface area contributed by atoms with Crippen LogP contribution in [0.3, 0.4) is 0 Å². The molecule has 1 fully saturated rings. The number of benzene rings is 1. The third-order valence-corrected chi connectivity index (χ3v) is 4.65. The SMILES string of the molecule is CCc1cc(N2CCC(C(=O)O)CC2)nc(-c2ccc(Cl)cc2)n1. The summed E-state index contributed by atoms with van der Waals surface area (Å²) < 4.78 is 0. The van der Waals surface area contributed by atoms with Gasteiger partial charge in [-0.3, -0.25) is 4.79 Å². The van der Waals surface area contributed by atoms with E-state index in [1.54, 1.807) is 0 Å². The van der Waals surface area contributed by atoms with Crippen LogP contribution >= 0.6 is 11.6 Å². The van der Waals surface area contributed by atoms with Crippen molar-refractivity contribution in [3.05, 3.63) is 41.0 Å². The number of nitrogens with zero attached hydrogens (tertiary/aromatic N) is 3. The minimum atomic E-state index is -0.701. The lowest BCUT2D eigenvalue weighted by Crippen LogP contribution is -2.37. The molecule has 2 aromatic rings. The van der Waals surface area contributed by atoms with Gasteiger partial charge in [0, 0.05) is 35.4 Å². The Morgan fingerprint density at radius 3 is 2.50 bits per heavy atom. The highest BCUT2D eigenvalue weighted by Crippen LogP contribution is 2.26. The summed E-state index contributed by atoms with van der Waals surface area (Å²) >= 11 is 5.95. The Balaban J connectivity index is 1.87. The second-order valence-corrected chi connectivity index (χ2v) is 6.44. The van der Waals surface area contributed by atoms with Crippen molar-refractivity contribution in [1.82, 2.24) is 9.97 Å². The summed E-state index contributed by atoms with van der Waals surface area (Å²) in [5.41, 5.74) is 1.90. The van der Waals surface area contributed by atoms with Gasteiger partial charge in [-0.1, -0.05) is 18.5 Å². The summed E-state index contributed by atoms with van der Waals surface area (Å²) in [6.45, 7) is 3.48. The van der Waals surface area contributed by atoms with Crippen molar-refractivity contribution in [3.63, 3.8) is 0 Å². The topological polar surface area (TPSA) is 66.3 Å². The zero-order chi connectivity index (χ0) is 17.1. The summed E-state index contributed by atoms with van der Waals surface area (Å²) in [7, 11) is 0. The van der Waals surface area contributed by atoms with Gasteiger partial charge < -0.3 is 10.0 Å². The van der Waals surface area contributed by atoms with Crippen LogP contribution in [-0.4, -0.2) is 34.1 Å². The molecule has 1 aromatic heterocycles. The monoisotopic (exact) mass is 345 g/mol. The number of carboxylic acid groups (broad SMARTS) is 1. The highest BCUT2D eigenvalue weighted by atomic mass is 35.5. The van der Waals surface area contributed by atoms with Crippen LogP contribution in [0.5, 0.6) is 0 Å². The predicted molar refractivity (Wildman–Crippen MR) is 94.4 cm³/mol. The van der Waals surface area contributed by atoms with E-state index in [9.17, 15) is 4.79 Å². The number of hydrogen-bond acceptors (Lipinski definition) is 4. The zero-order valence-corrected chi connectivity index (χ0v) is 14.3. The third kappa shape index (κ3) is 3.67. The van der Waals surface area contributed by atoms with Crippen LogP contribution in [0.25, 0.3) is 11.4 Å². The van der Waals surface area contributed by atoms with Crippen LogP contribution < -0.4 is 4.90 Å². The van der Waals surface area contributed by atoms with Crippen LogP contribution in [0.4, 0.5) is 5.82 Å². The van der Waals surface area contributed by atoms with Crippen molar-refractivity contribution in [2.45, 2.75) is 26.2 Å². The molecule has 5 nitrogen and oxygen atoms in total. The Bertz CT molecular complexity index is 726. The van der Waals surface area contributed by atoms with Crippen molar-refractivity contribution in [2.24, 2.45) is 5.92 Å². The van der Waals surface area contributed by atoms with E-state index in [4.69, 9.17) is 21.7 Å². The van der Waals surface area contributed by atoms with Gasteiger partial charge in [-0.15, -0.1) is 0 Å². The van der Waals surface area contributed by atoms with Crippen molar-refractivity contribution in [3.8, 4) is 11.4 Å². The van der Waals surface area contributed by atoms with Gasteiger partial charge in [-0.2, -0.15) is 0 Å². The number of aryl methyl sites for hydroxylation is 1. The van der Waals surface area contributed by atoms with E-state index in [2.05, 4.69) is 16.8 Å². The Kier molecular flexibility index (Phi) is 5.00. The molecule has 24 heavy (non-hydrogen) atoms. The van der Waals surface area contributed by atoms with Gasteiger partial charge in [0.2, 0.25) is 0 Å². The molecule has 6 heteroatoms. The molecule has 1 aromatic carbocycles. The zero-order valence-electron chi connectivity index (χ0n) is 13.6. The summed E-state index contributed by atoms with van der Waals surface area (Å²) in [4.78, 5) is 22.6. The lowest BCUT2D eigenvalue weighted by molar-refractivity contribution is -0.142. The number of piperidine rings is 1. The van der Waals surface area contributed by atoms with Gasteiger partial charge in [-0.05, 0) is 43.5 Å². The van der Waals surface area contributed by atoms with Crippen LogP contribution in [-0.2, 0) is 11.2 Å². The molecule has 0 spiro atoms. The summed E-state index contributed by atoms with van der Waals surface area (Å²) in [5, 5.41) is 9.82. The first kappa shape index (κ1) is 16.7. The molecule has 0 amide bonds. The lowest BCUT2D eigenvalue weighted by atomic mass is 9.97. The summed E-state index contributed by atoms with van der Waals surface area (Å²) in [5.74, 6) is 0.606. The molecule has 1 saturated heterocycles. The van der Waals surface area contributed by atoms with E-state index in [1.807, 2.05) is 30.3 Å². The standard InChI is InChI=1S/C18H20ClN3O2/c1-2-15-11-16(22-9-7-13(8-10-22)18(23)24)21-17(20-15)12-3-5-14(19)6-4-12/h3-6,11,13H,2,7-10H2,1H3,(H,23,24). The van der Waals surface area contributed by atoms with Crippen LogP contribution in [0.15, 0.2) is 30.3 Å². The number of anilines is 1. The highest BCUT2D eigenvalue weighted by molar-refractivity contribution is 6.30. The van der Waals surface area contributed by atoms with Gasteiger partial charge in [0.25, 0.3) is 0 Å². The summed E-state index contributed by atoms with van der Waals surface area (Å²) in [6.07, 6.45) is 2.12. The molecular formula is C18H20ClN3O2. The van der Waals surface area contributed by atoms with E-state index >= 15 is 0 Å². The van der Waals surface area contributed by atoms with Gasteiger partial charge in [0.1, 0.15) is 5.82 Å². The second-order valence-electron chi connectivity index (χ2n) is 6.00. The van der Waals surface area contributed by atoms with E-state index in [-0.39, 0.29) is 5.92 Å². The number of hydrogen-bond donors (Lipinski definition) is 1. The van der Waals surface area contributed by atoms with Gasteiger partial charge >= 0.3 is 5.97 Å². The Morgan fingerprint density at radius 1 is 1.25 bits per heavy atom. The fraction of sp³-hybridized carbons (Fsp3) is 0.389. The Morgan fingerprint density at radius 2 is 1.92 bits per heavy atom. The van der Waals surface area contributed by atoms with Gasteiger partial charge in [-0.25, -0.2) is 9.97 Å². The smallest absolute Gasteiger partial charge is 0.306 e. The van der Waals surface area contributed by atoms with Crippen LogP contribution in [0, 0.1) is 5.92 Å². The number of aromatic nitrogens is 2. The maximum absolute atomic E-state index is 11.1. The van der Waals surface area contributed by atoms with E-state index < -0.39 is 5.97 Å². The molecule has 0 radical (unpaired) electrons. The molecule has 3 rings (SSSR count). The Hall–Kier alpha value is -2.14. The van der Waals surface area contributed by atoms with E-state index in [0.717, 1.165) is 23.5 Å². The second kappa shape index (κ2) is 7.18. The van der Waals surface area contributed by atoms with Crippen molar-refractivity contribution >= 4 is 23.4 Å². The molecule has 2 heterocycles. The third-order valence-electron chi connectivity index (χ3n) is 4.40. The number of halogens is 1. The first-order valence-corrected chi connectivity index (χ1v) is 8.56. The average molecular weight is 346 g/mol. The maximum atomic E-state index is 11.1. The minimum absolute atomic E-state index is 0.246. The van der Waals surface area contributed by atoms with Crippen LogP contribution in [0.1, 0.15) is 25.5 Å². The predicted octanol–water partition coefficient (Wildman–Crippen LogP) is 3.66. The Labute approximate surface area is 146 Å². The maximum Gasteiger partial charge on any atom is 0.306 e. The number of aliphatic carboxylic acids is 1. The molecule has 1 N–H and O–H groups in total. The molecule has 0 aliphatic carbocycles. The highest BCUT2D eigenvalue weighted by Gasteiger charge is 2.25. The first-order valence-electron chi connectivity index (χ1n) is 8.18. The molecule has 0 unspecified atom stereocenters. The van der Waals surface area contributed by atoms with Crippen molar-refractivity contribution in [1.29, 1.82) is 0 Å². The molecular weight excluding hydrogens is 326 g/mol. The first-order chi connectivity index (χ1) is 11.6. The largest absolute Gasteiger partial charge is 0.481 e. The lowest BCUT2D eigenvalue weighted by Gasteiger charge is -2.31. The summed E-state index contributed by atoms with van der Waals surface area (Å²) in [6, 6.07) is 9.49. The van der Waals surface area contributed by atoms with Gasteiger partial charge in [0.05, 0.1) is 5.92 Å². The van der Waals surface area contributed by atoms with Crippen molar-refractivity contribution in [2.75, 3.05) is 18.0 Å². The fourth-order valence-electron chi connectivity index (χ4n) is 2.91. The molecule has 0 atom stereocenters. The van der Waals surface area contributed by atoms with E-state index in [1.165, 1.54) is 0 Å². The minimum Gasteiger partial charge on any atom is -0.481 e. The number of rotatable bonds is 4. The van der Waals surface area contributed by atoms with Gasteiger partial charge in [0.15, 0.2) is 5.82 Å². The normalized spacial score (nSPS) is 15.5. The molecule has 0 bridgehead atoms. The molecule has 126 valence electrons. The van der Waals surface area contributed by atoms with Crippen molar-refractivity contribution < 1.29 is 9.90 Å². The molecule has 1 aliphatic rings. The number of carbonyl (C=O) groups is 1. The fourth-order valence-corrected chi connectivity index (χ4v) is 3.04. The van der Waals surface area contributed by atoms with Crippen LogP contribution in [0.2, 0.25) is 5.02 Å². The molecule has 0 saturated carbocycles. The average Bonchev–Trinajstić information content (AvgIpc) is 2.62.